The highest BCUT2D eigenvalue weighted by Gasteiger charge is 2.14. The third-order valence-electron chi connectivity index (χ3n) is 2.27. The molecule has 2 aromatic rings. The number of halogens is 1. The van der Waals surface area contributed by atoms with Crippen molar-refractivity contribution in [2.24, 2.45) is 7.05 Å². The Kier molecular flexibility index (Phi) is 2.28. The molecule has 1 N–H and O–H groups in total. The monoisotopic (exact) mass is 210 g/mol. The van der Waals surface area contributed by atoms with E-state index >= 15 is 0 Å². The SMILES string of the molecule is Cc1c(F)c(-n2ccc(CO)n2)nn1C. The molecule has 0 saturated carbocycles. The van der Waals surface area contributed by atoms with Gasteiger partial charge in [-0.1, -0.05) is 0 Å². The Morgan fingerprint density at radius 1 is 1.47 bits per heavy atom. The molecule has 80 valence electrons. The molecule has 0 fully saturated rings. The molecular weight excluding hydrogens is 199 g/mol. The lowest BCUT2D eigenvalue weighted by atomic mass is 10.4. The topological polar surface area (TPSA) is 55.9 Å². The summed E-state index contributed by atoms with van der Waals surface area (Å²) in [6.45, 7) is 1.47. The molecule has 0 aromatic carbocycles. The molecule has 0 aliphatic rings. The van der Waals surface area contributed by atoms with E-state index in [9.17, 15) is 4.39 Å². The zero-order valence-electron chi connectivity index (χ0n) is 8.48. The van der Waals surface area contributed by atoms with E-state index in [1.54, 1.807) is 26.2 Å². The largest absolute Gasteiger partial charge is 0.390 e. The van der Waals surface area contributed by atoms with Gasteiger partial charge in [0.1, 0.15) is 0 Å². The molecule has 0 radical (unpaired) electrons. The number of aromatic nitrogens is 4. The number of aryl methyl sites for hydroxylation is 1. The molecule has 6 heteroatoms. The molecule has 2 aromatic heterocycles. The molecule has 5 nitrogen and oxygen atoms in total. The van der Waals surface area contributed by atoms with Crippen molar-refractivity contribution in [3.05, 3.63) is 29.5 Å². The third-order valence-corrected chi connectivity index (χ3v) is 2.27. The first-order valence-corrected chi connectivity index (χ1v) is 4.48. The van der Waals surface area contributed by atoms with Crippen molar-refractivity contribution >= 4 is 0 Å². The van der Waals surface area contributed by atoms with Crippen LogP contribution in [0.4, 0.5) is 4.39 Å². The van der Waals surface area contributed by atoms with Crippen molar-refractivity contribution in [2.75, 3.05) is 0 Å². The maximum atomic E-state index is 13.6. The van der Waals surface area contributed by atoms with Crippen LogP contribution in [-0.2, 0) is 13.7 Å². The molecule has 0 saturated heterocycles. The maximum absolute atomic E-state index is 13.6. The molecule has 2 rings (SSSR count). The van der Waals surface area contributed by atoms with Gasteiger partial charge < -0.3 is 5.11 Å². The van der Waals surface area contributed by atoms with Crippen LogP contribution >= 0.6 is 0 Å². The summed E-state index contributed by atoms with van der Waals surface area (Å²) in [4.78, 5) is 0. The van der Waals surface area contributed by atoms with Gasteiger partial charge in [-0.2, -0.15) is 5.10 Å². The predicted octanol–water partition coefficient (Wildman–Crippen LogP) is 0.546. The van der Waals surface area contributed by atoms with E-state index in [1.807, 2.05) is 0 Å². The second-order valence-corrected chi connectivity index (χ2v) is 3.26. The van der Waals surface area contributed by atoms with E-state index < -0.39 is 5.82 Å². The van der Waals surface area contributed by atoms with Gasteiger partial charge in [-0.05, 0) is 13.0 Å². The number of aliphatic hydroxyl groups is 1. The highest BCUT2D eigenvalue weighted by molar-refractivity contribution is 5.26. The lowest BCUT2D eigenvalue weighted by molar-refractivity contribution is 0.276. The average molecular weight is 210 g/mol. The Labute approximate surface area is 85.8 Å². The van der Waals surface area contributed by atoms with Gasteiger partial charge in [0.2, 0.25) is 5.82 Å². The Morgan fingerprint density at radius 2 is 2.20 bits per heavy atom. The van der Waals surface area contributed by atoms with Gasteiger partial charge in [-0.25, -0.2) is 9.07 Å². The van der Waals surface area contributed by atoms with Crippen LogP contribution in [0.25, 0.3) is 5.82 Å². The number of hydrogen-bond acceptors (Lipinski definition) is 3. The van der Waals surface area contributed by atoms with Crippen LogP contribution in [0.1, 0.15) is 11.4 Å². The van der Waals surface area contributed by atoms with Crippen LogP contribution in [0.5, 0.6) is 0 Å². The fraction of sp³-hybridized carbons (Fsp3) is 0.333. The normalized spacial score (nSPS) is 10.9. The van der Waals surface area contributed by atoms with Crippen molar-refractivity contribution in [1.82, 2.24) is 19.6 Å². The standard InChI is InChI=1S/C9H11FN4O/c1-6-8(10)9(12-13(6)2)14-4-3-7(5-15)11-14/h3-4,15H,5H2,1-2H3. The maximum Gasteiger partial charge on any atom is 0.211 e. The summed E-state index contributed by atoms with van der Waals surface area (Å²) < 4.78 is 16.4. The fourth-order valence-corrected chi connectivity index (χ4v) is 1.28. The Hall–Kier alpha value is -1.69. The zero-order chi connectivity index (χ0) is 11.0. The number of nitrogens with zero attached hydrogens (tertiary/aromatic N) is 4. The van der Waals surface area contributed by atoms with E-state index in [1.165, 1.54) is 9.36 Å². The van der Waals surface area contributed by atoms with Crippen molar-refractivity contribution in [3.8, 4) is 5.82 Å². The van der Waals surface area contributed by atoms with Crippen LogP contribution in [0.3, 0.4) is 0 Å². The summed E-state index contributed by atoms with van der Waals surface area (Å²) in [6, 6.07) is 1.61. The lowest BCUT2D eigenvalue weighted by Gasteiger charge is -1.94. The van der Waals surface area contributed by atoms with E-state index in [4.69, 9.17) is 5.11 Å². The first-order valence-electron chi connectivity index (χ1n) is 4.48. The summed E-state index contributed by atoms with van der Waals surface area (Å²) in [5.74, 6) is -0.250. The van der Waals surface area contributed by atoms with Crippen molar-refractivity contribution in [3.63, 3.8) is 0 Å². The van der Waals surface area contributed by atoms with E-state index in [0.717, 1.165) is 0 Å². The van der Waals surface area contributed by atoms with E-state index in [-0.39, 0.29) is 12.4 Å². The molecule has 0 amide bonds. The van der Waals surface area contributed by atoms with Crippen molar-refractivity contribution in [2.45, 2.75) is 13.5 Å². The van der Waals surface area contributed by atoms with Gasteiger partial charge >= 0.3 is 0 Å². The highest BCUT2D eigenvalue weighted by atomic mass is 19.1. The molecule has 15 heavy (non-hydrogen) atoms. The molecular formula is C9H11FN4O. The molecule has 0 spiro atoms. The number of aliphatic hydroxyl groups excluding tert-OH is 1. The lowest BCUT2D eigenvalue weighted by Crippen LogP contribution is -2.00. The summed E-state index contributed by atoms with van der Waals surface area (Å²) in [6.07, 6.45) is 1.57. The first kappa shape index (κ1) is 9.85. The molecule has 0 atom stereocenters. The van der Waals surface area contributed by atoms with Gasteiger partial charge in [0.25, 0.3) is 0 Å². The quantitative estimate of drug-likeness (QED) is 0.787. The predicted molar refractivity (Wildman–Crippen MR) is 50.9 cm³/mol. The Balaban J connectivity index is 2.49. The van der Waals surface area contributed by atoms with Crippen LogP contribution in [-0.4, -0.2) is 24.7 Å². The average Bonchev–Trinajstić information content (AvgIpc) is 2.79. The van der Waals surface area contributed by atoms with Crippen molar-refractivity contribution < 1.29 is 9.50 Å². The van der Waals surface area contributed by atoms with E-state index in [2.05, 4.69) is 10.2 Å². The fourth-order valence-electron chi connectivity index (χ4n) is 1.28. The minimum absolute atomic E-state index is 0.148. The molecule has 0 unspecified atom stereocenters. The van der Waals surface area contributed by atoms with Crippen LogP contribution in [0.2, 0.25) is 0 Å². The number of hydrogen-bond donors (Lipinski definition) is 1. The highest BCUT2D eigenvalue weighted by Crippen LogP contribution is 2.14. The summed E-state index contributed by atoms with van der Waals surface area (Å²) in [5.41, 5.74) is 0.934. The van der Waals surface area contributed by atoms with Gasteiger partial charge in [0.05, 0.1) is 18.0 Å². The Morgan fingerprint density at radius 3 is 2.67 bits per heavy atom. The molecule has 0 bridgehead atoms. The van der Waals surface area contributed by atoms with E-state index in [0.29, 0.717) is 11.4 Å². The second-order valence-electron chi connectivity index (χ2n) is 3.26. The molecule has 2 heterocycles. The van der Waals surface area contributed by atoms with Crippen molar-refractivity contribution in [1.29, 1.82) is 0 Å². The molecule has 0 aliphatic carbocycles. The smallest absolute Gasteiger partial charge is 0.211 e. The first-order chi connectivity index (χ1) is 7.13. The minimum atomic E-state index is -0.398. The van der Waals surface area contributed by atoms with Gasteiger partial charge in [-0.15, -0.1) is 5.10 Å². The second kappa shape index (κ2) is 3.47. The summed E-state index contributed by atoms with van der Waals surface area (Å²) in [5, 5.41) is 16.8. The molecule has 0 aliphatic heterocycles. The minimum Gasteiger partial charge on any atom is -0.390 e. The Bertz CT molecular complexity index is 488. The van der Waals surface area contributed by atoms with Crippen LogP contribution in [0, 0.1) is 12.7 Å². The third kappa shape index (κ3) is 1.52. The number of rotatable bonds is 2. The van der Waals surface area contributed by atoms with Gasteiger partial charge in [-0.3, -0.25) is 4.68 Å². The van der Waals surface area contributed by atoms with Gasteiger partial charge in [0.15, 0.2) is 5.82 Å². The summed E-state index contributed by atoms with van der Waals surface area (Å²) in [7, 11) is 1.67. The van der Waals surface area contributed by atoms with Crippen LogP contribution < -0.4 is 0 Å². The van der Waals surface area contributed by atoms with Crippen LogP contribution in [0.15, 0.2) is 12.3 Å². The summed E-state index contributed by atoms with van der Waals surface area (Å²) >= 11 is 0. The zero-order valence-corrected chi connectivity index (χ0v) is 8.48. The van der Waals surface area contributed by atoms with Gasteiger partial charge in [0, 0.05) is 13.2 Å².